The Labute approximate surface area is 80.5 Å². The molecular weight excluding hydrogens is 172 g/mol. The van der Waals surface area contributed by atoms with Crippen LogP contribution in [0.2, 0.25) is 0 Å². The van der Waals surface area contributed by atoms with Gasteiger partial charge in [0.15, 0.2) is 0 Å². The van der Waals surface area contributed by atoms with E-state index in [0.29, 0.717) is 6.04 Å². The van der Waals surface area contributed by atoms with Crippen molar-refractivity contribution in [2.24, 2.45) is 0 Å². The van der Waals surface area contributed by atoms with Gasteiger partial charge < -0.3 is 0 Å². The number of piperazine rings is 1. The van der Waals surface area contributed by atoms with E-state index in [1.54, 1.807) is 0 Å². The van der Waals surface area contributed by atoms with Crippen molar-refractivity contribution in [1.29, 1.82) is 0 Å². The highest BCUT2D eigenvalue weighted by atomic mass is 35.5. The molecule has 1 saturated heterocycles. The van der Waals surface area contributed by atoms with Gasteiger partial charge in [-0.3, -0.25) is 9.80 Å². The lowest BCUT2D eigenvalue weighted by Crippen LogP contribution is -2.51. The number of nitrogens with zero attached hydrogens (tertiary/aromatic N) is 2. The van der Waals surface area contributed by atoms with Gasteiger partial charge in [0.25, 0.3) is 0 Å². The molecule has 1 heterocycles. The van der Waals surface area contributed by atoms with E-state index in [1.165, 1.54) is 26.2 Å². The normalized spacial score (nSPS) is 27.8. The summed E-state index contributed by atoms with van der Waals surface area (Å²) in [5.41, 5.74) is 0. The van der Waals surface area contributed by atoms with E-state index < -0.39 is 0 Å². The topological polar surface area (TPSA) is 6.48 Å². The summed E-state index contributed by atoms with van der Waals surface area (Å²) in [5, 5.41) is 0. The lowest BCUT2D eigenvalue weighted by Gasteiger charge is -2.39. The highest BCUT2D eigenvalue weighted by molar-refractivity contribution is 6.18. The number of likely N-dealkylation sites (N-methyl/N-ethyl adjacent to an activating group) is 1. The van der Waals surface area contributed by atoms with Crippen LogP contribution in [0.1, 0.15) is 13.8 Å². The molecule has 0 aromatic heterocycles. The van der Waals surface area contributed by atoms with Gasteiger partial charge in [0.05, 0.1) is 0 Å². The van der Waals surface area contributed by atoms with Crippen molar-refractivity contribution in [2.45, 2.75) is 19.9 Å². The Morgan fingerprint density at radius 3 is 2.67 bits per heavy atom. The summed E-state index contributed by atoms with van der Waals surface area (Å²) in [4.78, 5) is 4.97. The predicted octanol–water partition coefficient (Wildman–Crippen LogP) is 1.25. The third-order valence-corrected chi connectivity index (χ3v) is 2.83. The molecule has 1 aliphatic rings. The van der Waals surface area contributed by atoms with Crippen molar-refractivity contribution >= 4 is 11.6 Å². The standard InChI is InChI=1S/C9H19ClN2/c1-3-12-7-6-11(5-4-10)8-9(12)2/h9H,3-8H2,1-2H3. The predicted molar refractivity (Wildman–Crippen MR) is 53.9 cm³/mol. The van der Waals surface area contributed by atoms with Crippen LogP contribution in [0, 0.1) is 0 Å². The molecule has 0 N–H and O–H groups in total. The Hall–Kier alpha value is 0.210. The Bertz CT molecular complexity index is 130. The molecule has 0 saturated carbocycles. The van der Waals surface area contributed by atoms with E-state index in [4.69, 9.17) is 11.6 Å². The lowest BCUT2D eigenvalue weighted by molar-refractivity contribution is 0.0924. The van der Waals surface area contributed by atoms with Crippen molar-refractivity contribution < 1.29 is 0 Å². The molecule has 0 aromatic rings. The summed E-state index contributed by atoms with van der Waals surface area (Å²) in [5.74, 6) is 0.763. The Morgan fingerprint density at radius 2 is 2.17 bits per heavy atom. The number of hydrogen-bond acceptors (Lipinski definition) is 2. The molecule has 0 amide bonds. The zero-order valence-corrected chi connectivity index (χ0v) is 8.85. The first kappa shape index (κ1) is 10.3. The molecular formula is C9H19ClN2. The molecule has 1 aliphatic heterocycles. The molecule has 1 rings (SSSR count). The van der Waals surface area contributed by atoms with Crippen LogP contribution in [0.15, 0.2) is 0 Å². The zero-order chi connectivity index (χ0) is 8.97. The van der Waals surface area contributed by atoms with Crippen LogP contribution in [0.25, 0.3) is 0 Å². The smallest absolute Gasteiger partial charge is 0.0351 e. The summed E-state index contributed by atoms with van der Waals surface area (Å²) >= 11 is 5.70. The number of rotatable bonds is 3. The third kappa shape index (κ3) is 2.61. The summed E-state index contributed by atoms with van der Waals surface area (Å²) in [6, 6.07) is 0.701. The number of hydrogen-bond donors (Lipinski definition) is 0. The summed E-state index contributed by atoms with van der Waals surface area (Å²) in [6.45, 7) is 10.3. The van der Waals surface area contributed by atoms with E-state index in [9.17, 15) is 0 Å². The molecule has 2 nitrogen and oxygen atoms in total. The largest absolute Gasteiger partial charge is 0.299 e. The number of halogens is 1. The Balaban J connectivity index is 2.30. The van der Waals surface area contributed by atoms with Crippen molar-refractivity contribution in [3.63, 3.8) is 0 Å². The lowest BCUT2D eigenvalue weighted by atomic mass is 10.2. The fourth-order valence-electron chi connectivity index (χ4n) is 1.86. The minimum atomic E-state index is 0.701. The van der Waals surface area contributed by atoms with E-state index in [0.717, 1.165) is 12.4 Å². The minimum absolute atomic E-state index is 0.701. The molecule has 1 atom stereocenters. The van der Waals surface area contributed by atoms with E-state index >= 15 is 0 Å². The molecule has 0 aromatic carbocycles. The monoisotopic (exact) mass is 190 g/mol. The molecule has 1 unspecified atom stereocenters. The molecule has 0 bridgehead atoms. The summed E-state index contributed by atoms with van der Waals surface area (Å²) in [7, 11) is 0. The molecule has 72 valence electrons. The number of alkyl halides is 1. The van der Waals surface area contributed by atoms with Crippen molar-refractivity contribution in [3.05, 3.63) is 0 Å². The fraction of sp³-hybridized carbons (Fsp3) is 1.00. The summed E-state index contributed by atoms with van der Waals surface area (Å²) in [6.07, 6.45) is 0. The third-order valence-electron chi connectivity index (χ3n) is 2.66. The maximum absolute atomic E-state index is 5.70. The molecule has 0 radical (unpaired) electrons. The van der Waals surface area contributed by atoms with E-state index in [1.807, 2.05) is 0 Å². The van der Waals surface area contributed by atoms with Gasteiger partial charge in [-0.2, -0.15) is 0 Å². The Morgan fingerprint density at radius 1 is 1.42 bits per heavy atom. The molecule has 1 fully saturated rings. The van der Waals surface area contributed by atoms with Gasteiger partial charge in [-0.15, -0.1) is 11.6 Å². The van der Waals surface area contributed by atoms with Crippen LogP contribution in [0.3, 0.4) is 0 Å². The molecule has 0 spiro atoms. The van der Waals surface area contributed by atoms with Crippen molar-refractivity contribution in [2.75, 3.05) is 38.6 Å². The van der Waals surface area contributed by atoms with E-state index in [-0.39, 0.29) is 0 Å². The molecule has 3 heteroatoms. The van der Waals surface area contributed by atoms with Gasteiger partial charge in [-0.05, 0) is 13.5 Å². The van der Waals surface area contributed by atoms with E-state index in [2.05, 4.69) is 23.6 Å². The van der Waals surface area contributed by atoms with Crippen LogP contribution in [0.4, 0.5) is 0 Å². The second-order valence-electron chi connectivity index (χ2n) is 3.47. The van der Waals surface area contributed by atoms with Crippen molar-refractivity contribution in [1.82, 2.24) is 9.80 Å². The average molecular weight is 191 g/mol. The minimum Gasteiger partial charge on any atom is -0.299 e. The quantitative estimate of drug-likeness (QED) is 0.619. The summed E-state index contributed by atoms with van der Waals surface area (Å²) < 4.78 is 0. The first-order valence-corrected chi connectivity index (χ1v) is 5.33. The van der Waals surface area contributed by atoms with Crippen LogP contribution in [-0.4, -0.2) is 54.4 Å². The molecule has 12 heavy (non-hydrogen) atoms. The molecule has 0 aliphatic carbocycles. The van der Waals surface area contributed by atoms with Crippen LogP contribution in [-0.2, 0) is 0 Å². The van der Waals surface area contributed by atoms with Gasteiger partial charge in [0.1, 0.15) is 0 Å². The van der Waals surface area contributed by atoms with Gasteiger partial charge in [0.2, 0.25) is 0 Å². The van der Waals surface area contributed by atoms with Crippen molar-refractivity contribution in [3.8, 4) is 0 Å². The van der Waals surface area contributed by atoms with Gasteiger partial charge in [0, 0.05) is 38.1 Å². The first-order valence-electron chi connectivity index (χ1n) is 4.80. The van der Waals surface area contributed by atoms with Gasteiger partial charge in [-0.25, -0.2) is 0 Å². The zero-order valence-electron chi connectivity index (χ0n) is 8.09. The van der Waals surface area contributed by atoms with Crippen LogP contribution >= 0.6 is 11.6 Å². The first-order chi connectivity index (χ1) is 5.77. The fourth-order valence-corrected chi connectivity index (χ4v) is 2.10. The maximum atomic E-state index is 5.70. The SMILES string of the molecule is CCN1CCN(CCCl)CC1C. The Kier molecular flexibility index (Phi) is 4.33. The van der Waals surface area contributed by atoms with Gasteiger partial charge in [-0.1, -0.05) is 6.92 Å². The van der Waals surface area contributed by atoms with Crippen LogP contribution < -0.4 is 0 Å². The average Bonchev–Trinajstić information content (AvgIpc) is 2.05. The van der Waals surface area contributed by atoms with Crippen LogP contribution in [0.5, 0.6) is 0 Å². The second-order valence-corrected chi connectivity index (χ2v) is 3.85. The second kappa shape index (κ2) is 5.05. The highest BCUT2D eigenvalue weighted by Crippen LogP contribution is 2.08. The maximum Gasteiger partial charge on any atom is 0.0351 e. The van der Waals surface area contributed by atoms with Gasteiger partial charge >= 0.3 is 0 Å². The highest BCUT2D eigenvalue weighted by Gasteiger charge is 2.21.